The quantitative estimate of drug-likeness (QED) is 0.514. The minimum atomic E-state index is -0.469. The van der Waals surface area contributed by atoms with Crippen molar-refractivity contribution in [2.75, 3.05) is 13.2 Å². The third-order valence-electron chi connectivity index (χ3n) is 4.74. The topological polar surface area (TPSA) is 76.7 Å². The molecule has 6 nitrogen and oxygen atoms in total. The first-order chi connectivity index (χ1) is 14.3. The van der Waals surface area contributed by atoms with E-state index in [1.807, 2.05) is 42.5 Å². The Labute approximate surface area is 186 Å². The van der Waals surface area contributed by atoms with Crippen LogP contribution in [0.3, 0.4) is 0 Å². The van der Waals surface area contributed by atoms with Gasteiger partial charge in [-0.05, 0) is 63.5 Å². The van der Waals surface area contributed by atoms with Crippen LogP contribution in [0.1, 0.15) is 57.1 Å². The molecule has 1 atom stereocenters. The van der Waals surface area contributed by atoms with Crippen LogP contribution in [0.15, 0.2) is 46.9 Å². The van der Waals surface area contributed by atoms with Crippen molar-refractivity contribution in [3.63, 3.8) is 0 Å². The fourth-order valence-corrected chi connectivity index (χ4v) is 3.24. The highest BCUT2D eigenvalue weighted by atomic mass is 79.9. The van der Waals surface area contributed by atoms with Crippen LogP contribution < -0.4 is 20.3 Å². The van der Waals surface area contributed by atoms with Crippen LogP contribution in [-0.4, -0.2) is 25.0 Å². The molecule has 0 aliphatic rings. The lowest BCUT2D eigenvalue weighted by Crippen LogP contribution is -2.45. The molecule has 30 heavy (non-hydrogen) atoms. The van der Waals surface area contributed by atoms with Crippen LogP contribution in [-0.2, 0) is 9.59 Å². The van der Waals surface area contributed by atoms with Gasteiger partial charge in [-0.3, -0.25) is 20.4 Å². The summed E-state index contributed by atoms with van der Waals surface area (Å²) < 4.78 is 11.9. The van der Waals surface area contributed by atoms with Crippen molar-refractivity contribution < 1.29 is 19.1 Å². The van der Waals surface area contributed by atoms with E-state index in [4.69, 9.17) is 9.47 Å². The zero-order valence-corrected chi connectivity index (χ0v) is 19.4. The van der Waals surface area contributed by atoms with Gasteiger partial charge in [0.15, 0.2) is 13.2 Å². The highest BCUT2D eigenvalue weighted by molar-refractivity contribution is 9.10. The minimum absolute atomic E-state index is 0.198. The first-order valence-corrected chi connectivity index (χ1v) is 10.8. The molecule has 2 amide bonds. The summed E-state index contributed by atoms with van der Waals surface area (Å²) in [6.07, 6.45) is 0.971. The summed E-state index contributed by atoms with van der Waals surface area (Å²) >= 11 is 3.45. The molecule has 0 fully saturated rings. The molecule has 2 rings (SSSR count). The number of hydrogen-bond acceptors (Lipinski definition) is 4. The molecule has 0 heterocycles. The lowest BCUT2D eigenvalue weighted by molar-refractivity contribution is -0.131. The Hall–Kier alpha value is -2.54. The van der Waals surface area contributed by atoms with Gasteiger partial charge in [-0.25, -0.2) is 0 Å². The maximum Gasteiger partial charge on any atom is 0.276 e. The maximum atomic E-state index is 12.0. The van der Waals surface area contributed by atoms with Crippen molar-refractivity contribution in [1.82, 2.24) is 10.9 Å². The van der Waals surface area contributed by atoms with Crippen molar-refractivity contribution in [1.29, 1.82) is 0 Å². The normalized spacial score (nSPS) is 11.7. The SMILES string of the molecule is CCC(C)c1ccccc1OCC(=O)NNC(=O)COc1ccc(C(C)C)cc1Br. The van der Waals surface area contributed by atoms with E-state index in [1.54, 1.807) is 0 Å². The number of para-hydroxylation sites is 1. The number of benzene rings is 2. The molecule has 0 aromatic heterocycles. The second-order valence-corrected chi connectivity index (χ2v) is 8.22. The van der Waals surface area contributed by atoms with Crippen LogP contribution in [0.25, 0.3) is 0 Å². The first-order valence-electron chi connectivity index (χ1n) is 10.0. The standard InChI is InChI=1S/C23H29BrN2O4/c1-5-16(4)18-8-6-7-9-20(18)29-13-22(27)25-26-23(28)14-30-21-11-10-17(15(2)3)12-19(21)24/h6-12,15-16H,5,13-14H2,1-4H3,(H,25,27)(H,26,28). The Kier molecular flexibility index (Phi) is 9.17. The van der Waals surface area contributed by atoms with Gasteiger partial charge in [0, 0.05) is 0 Å². The van der Waals surface area contributed by atoms with Crippen LogP contribution in [0.2, 0.25) is 0 Å². The number of rotatable bonds is 9. The summed E-state index contributed by atoms with van der Waals surface area (Å²) in [5.74, 6) is 1.04. The molecule has 7 heteroatoms. The summed E-state index contributed by atoms with van der Waals surface area (Å²) in [5.41, 5.74) is 6.89. The van der Waals surface area contributed by atoms with Gasteiger partial charge in [-0.15, -0.1) is 0 Å². The van der Waals surface area contributed by atoms with Crippen molar-refractivity contribution in [3.8, 4) is 11.5 Å². The number of ether oxygens (including phenoxy) is 2. The average molecular weight is 477 g/mol. The molecule has 0 aliphatic heterocycles. The highest BCUT2D eigenvalue weighted by Gasteiger charge is 2.12. The van der Waals surface area contributed by atoms with Crippen molar-refractivity contribution in [3.05, 3.63) is 58.1 Å². The second-order valence-electron chi connectivity index (χ2n) is 7.37. The molecule has 1 unspecified atom stereocenters. The molecular formula is C23H29BrN2O4. The van der Waals surface area contributed by atoms with Gasteiger partial charge < -0.3 is 9.47 Å². The van der Waals surface area contributed by atoms with E-state index in [0.29, 0.717) is 23.3 Å². The number of amides is 2. The Morgan fingerprint density at radius 2 is 1.53 bits per heavy atom. The van der Waals surface area contributed by atoms with E-state index in [0.717, 1.165) is 16.5 Å². The average Bonchev–Trinajstić information content (AvgIpc) is 2.74. The molecule has 0 saturated heterocycles. The zero-order chi connectivity index (χ0) is 22.1. The van der Waals surface area contributed by atoms with Crippen molar-refractivity contribution in [2.24, 2.45) is 0 Å². The Balaban J connectivity index is 1.77. The molecular weight excluding hydrogens is 448 g/mol. The molecule has 0 saturated carbocycles. The highest BCUT2D eigenvalue weighted by Crippen LogP contribution is 2.29. The van der Waals surface area contributed by atoms with Crippen molar-refractivity contribution >= 4 is 27.7 Å². The molecule has 2 aromatic rings. The fraction of sp³-hybridized carbons (Fsp3) is 0.391. The van der Waals surface area contributed by atoms with Gasteiger partial charge in [0.25, 0.3) is 11.8 Å². The Bertz CT molecular complexity index is 870. The molecule has 0 spiro atoms. The lowest BCUT2D eigenvalue weighted by Gasteiger charge is -2.15. The number of carbonyl (C=O) groups is 2. The Morgan fingerprint density at radius 1 is 0.933 bits per heavy atom. The first kappa shape index (κ1) is 23.7. The van der Waals surface area contributed by atoms with E-state index in [2.05, 4.69) is 54.5 Å². The molecule has 0 radical (unpaired) electrons. The molecule has 0 bridgehead atoms. The predicted octanol–water partition coefficient (Wildman–Crippen LogP) is 4.69. The summed E-state index contributed by atoms with van der Waals surface area (Å²) in [7, 11) is 0. The summed E-state index contributed by atoms with van der Waals surface area (Å²) in [6, 6.07) is 13.4. The number of nitrogens with one attached hydrogen (secondary N) is 2. The van der Waals surface area contributed by atoms with Crippen LogP contribution >= 0.6 is 15.9 Å². The Morgan fingerprint density at radius 3 is 2.10 bits per heavy atom. The number of halogens is 1. The summed E-state index contributed by atoms with van der Waals surface area (Å²) in [5, 5.41) is 0. The van der Waals surface area contributed by atoms with E-state index in [9.17, 15) is 9.59 Å². The lowest BCUT2D eigenvalue weighted by atomic mass is 9.98. The molecule has 2 N–H and O–H groups in total. The third-order valence-corrected chi connectivity index (χ3v) is 5.36. The van der Waals surface area contributed by atoms with E-state index < -0.39 is 11.8 Å². The van der Waals surface area contributed by atoms with Crippen LogP contribution in [0.5, 0.6) is 11.5 Å². The van der Waals surface area contributed by atoms with Gasteiger partial charge >= 0.3 is 0 Å². The van der Waals surface area contributed by atoms with E-state index in [1.165, 1.54) is 5.56 Å². The second kappa shape index (κ2) is 11.6. The molecule has 2 aromatic carbocycles. The maximum absolute atomic E-state index is 12.0. The van der Waals surface area contributed by atoms with E-state index >= 15 is 0 Å². The van der Waals surface area contributed by atoms with Gasteiger partial charge in [-0.1, -0.05) is 52.0 Å². The number of hydrazine groups is 1. The smallest absolute Gasteiger partial charge is 0.276 e. The van der Waals surface area contributed by atoms with Crippen LogP contribution in [0.4, 0.5) is 0 Å². The minimum Gasteiger partial charge on any atom is -0.483 e. The van der Waals surface area contributed by atoms with Gasteiger partial charge in [-0.2, -0.15) is 0 Å². The van der Waals surface area contributed by atoms with Gasteiger partial charge in [0.1, 0.15) is 11.5 Å². The number of carbonyl (C=O) groups excluding carboxylic acids is 2. The third kappa shape index (κ3) is 7.06. The summed E-state index contributed by atoms with van der Waals surface area (Å²) in [4.78, 5) is 24.0. The largest absolute Gasteiger partial charge is 0.483 e. The fourth-order valence-electron chi connectivity index (χ4n) is 2.73. The van der Waals surface area contributed by atoms with Gasteiger partial charge in [0.05, 0.1) is 4.47 Å². The predicted molar refractivity (Wildman–Crippen MR) is 121 cm³/mol. The summed E-state index contributed by atoms with van der Waals surface area (Å²) in [6.45, 7) is 7.99. The molecule has 0 aliphatic carbocycles. The van der Waals surface area contributed by atoms with E-state index in [-0.39, 0.29) is 13.2 Å². The molecule has 162 valence electrons. The van der Waals surface area contributed by atoms with Crippen molar-refractivity contribution in [2.45, 2.75) is 46.0 Å². The van der Waals surface area contributed by atoms with Gasteiger partial charge in [0.2, 0.25) is 0 Å². The van der Waals surface area contributed by atoms with Crippen LogP contribution in [0, 0.1) is 0 Å². The monoisotopic (exact) mass is 476 g/mol. The number of hydrogen-bond donors (Lipinski definition) is 2. The zero-order valence-electron chi connectivity index (χ0n) is 17.8.